The van der Waals surface area contributed by atoms with Crippen molar-refractivity contribution < 1.29 is 8.83 Å². The molecule has 0 aliphatic heterocycles. The van der Waals surface area contributed by atoms with Crippen molar-refractivity contribution in [2.75, 3.05) is 4.90 Å². The van der Waals surface area contributed by atoms with E-state index in [2.05, 4.69) is 217 Å². The second-order valence-electron chi connectivity index (χ2n) is 15.2. The molecule has 3 nitrogen and oxygen atoms in total. The lowest BCUT2D eigenvalue weighted by Crippen LogP contribution is -2.10. The molecule has 276 valence electrons. The number of hydrogen-bond donors (Lipinski definition) is 0. The molecule has 0 amide bonds. The standard InChI is InChI=1S/C56H35NO2/c1-3-15-36(16-4-1)42-23-11-25-46-53-49(27-13-29-51(53)58-55(42)46)57(50-28-14-30-52-54(50)47-26-12-24-43(56(47)59-52)37-17-5-2-6-18-37)40-33-31-38(32-34-40)48-35-39-19-7-8-20-41(39)44-21-9-10-22-45(44)48/h1-35H. The zero-order chi connectivity index (χ0) is 38.9. The number of furan rings is 2. The molecule has 59 heavy (non-hydrogen) atoms. The summed E-state index contributed by atoms with van der Waals surface area (Å²) in [7, 11) is 0. The number of rotatable bonds is 6. The van der Waals surface area contributed by atoms with Crippen molar-refractivity contribution in [2.45, 2.75) is 0 Å². The van der Waals surface area contributed by atoms with Gasteiger partial charge in [0.1, 0.15) is 22.3 Å². The van der Waals surface area contributed by atoms with Gasteiger partial charge in [0.2, 0.25) is 0 Å². The van der Waals surface area contributed by atoms with Gasteiger partial charge >= 0.3 is 0 Å². The quantitative estimate of drug-likeness (QED) is 0.158. The predicted octanol–water partition coefficient (Wildman–Crippen LogP) is 16.3. The van der Waals surface area contributed by atoms with Crippen molar-refractivity contribution in [1.29, 1.82) is 0 Å². The maximum absolute atomic E-state index is 6.82. The highest BCUT2D eigenvalue weighted by molar-refractivity contribution is 6.20. The number of para-hydroxylation sites is 2. The zero-order valence-electron chi connectivity index (χ0n) is 32.0. The van der Waals surface area contributed by atoms with Crippen molar-refractivity contribution in [3.05, 3.63) is 212 Å². The molecule has 0 bridgehead atoms. The number of benzene rings is 10. The molecule has 3 heteroatoms. The predicted molar refractivity (Wildman–Crippen MR) is 247 cm³/mol. The third kappa shape index (κ3) is 5.29. The van der Waals surface area contributed by atoms with Crippen LogP contribution in [0.5, 0.6) is 0 Å². The van der Waals surface area contributed by atoms with E-state index in [9.17, 15) is 0 Å². The van der Waals surface area contributed by atoms with Gasteiger partial charge in [0.15, 0.2) is 0 Å². The maximum Gasteiger partial charge on any atom is 0.143 e. The molecule has 10 aromatic carbocycles. The lowest BCUT2D eigenvalue weighted by molar-refractivity contribution is 0.670. The molecule has 0 unspecified atom stereocenters. The number of fused-ring (bicyclic) bond motifs is 9. The molecule has 0 fully saturated rings. The summed E-state index contributed by atoms with van der Waals surface area (Å²) in [6.07, 6.45) is 0. The Labute approximate surface area is 340 Å². The first kappa shape index (κ1) is 33.3. The van der Waals surface area contributed by atoms with Crippen LogP contribution in [0.1, 0.15) is 0 Å². The molecule has 12 rings (SSSR count). The smallest absolute Gasteiger partial charge is 0.143 e. The van der Waals surface area contributed by atoms with Crippen LogP contribution in [0.3, 0.4) is 0 Å². The van der Waals surface area contributed by atoms with Crippen molar-refractivity contribution in [3.8, 4) is 33.4 Å². The molecule has 12 aromatic rings. The second-order valence-corrected chi connectivity index (χ2v) is 15.2. The molecule has 0 atom stereocenters. The van der Waals surface area contributed by atoms with Gasteiger partial charge in [-0.05, 0) is 86.3 Å². The highest BCUT2D eigenvalue weighted by Gasteiger charge is 2.25. The van der Waals surface area contributed by atoms with Crippen LogP contribution < -0.4 is 4.90 Å². The molecule has 0 aliphatic rings. The highest BCUT2D eigenvalue weighted by atomic mass is 16.3. The van der Waals surface area contributed by atoms with Crippen molar-refractivity contribution in [3.63, 3.8) is 0 Å². The SMILES string of the molecule is c1ccc(-c2cccc3c2oc2cccc(N(c4ccc(-c5cc6ccccc6c6ccccc56)cc4)c4cccc5oc6c(-c7ccccc7)cccc6c45)c23)cc1. The first-order valence-corrected chi connectivity index (χ1v) is 20.1. The molecule has 2 aromatic heterocycles. The number of hydrogen-bond acceptors (Lipinski definition) is 3. The lowest BCUT2D eigenvalue weighted by Gasteiger charge is -2.27. The van der Waals surface area contributed by atoms with Crippen molar-refractivity contribution in [2.24, 2.45) is 0 Å². The van der Waals surface area contributed by atoms with Crippen LogP contribution in [0.4, 0.5) is 17.1 Å². The number of nitrogens with zero attached hydrogens (tertiary/aromatic N) is 1. The highest BCUT2D eigenvalue weighted by Crippen LogP contribution is 2.49. The summed E-state index contributed by atoms with van der Waals surface area (Å²) in [5, 5.41) is 9.24. The summed E-state index contributed by atoms with van der Waals surface area (Å²) < 4.78 is 13.6. The van der Waals surface area contributed by atoms with Gasteiger partial charge in [-0.15, -0.1) is 0 Å². The van der Waals surface area contributed by atoms with Crippen LogP contribution in [-0.2, 0) is 0 Å². The van der Waals surface area contributed by atoms with Gasteiger partial charge in [-0.1, -0.05) is 170 Å². The summed E-state index contributed by atoms with van der Waals surface area (Å²) in [6, 6.07) is 75.5. The van der Waals surface area contributed by atoms with Crippen LogP contribution in [-0.4, -0.2) is 0 Å². The Kier molecular flexibility index (Phi) is 7.54. The van der Waals surface area contributed by atoms with E-state index in [-0.39, 0.29) is 0 Å². The monoisotopic (exact) mass is 753 g/mol. The molecule has 0 radical (unpaired) electrons. The van der Waals surface area contributed by atoms with E-state index >= 15 is 0 Å². The fourth-order valence-electron chi connectivity index (χ4n) is 9.21. The Morgan fingerprint density at radius 1 is 0.305 bits per heavy atom. The first-order chi connectivity index (χ1) is 29.3. The van der Waals surface area contributed by atoms with E-state index in [1.807, 2.05) is 0 Å². The minimum Gasteiger partial charge on any atom is -0.455 e. The van der Waals surface area contributed by atoms with Gasteiger partial charge in [0.25, 0.3) is 0 Å². The van der Waals surface area contributed by atoms with Gasteiger partial charge in [0.05, 0.1) is 22.1 Å². The van der Waals surface area contributed by atoms with Crippen LogP contribution in [0.15, 0.2) is 221 Å². The third-order valence-corrected chi connectivity index (χ3v) is 11.9. The van der Waals surface area contributed by atoms with Crippen LogP contribution in [0.2, 0.25) is 0 Å². The Balaban J connectivity index is 1.11. The summed E-state index contributed by atoms with van der Waals surface area (Å²) >= 11 is 0. The Morgan fingerprint density at radius 2 is 0.763 bits per heavy atom. The van der Waals surface area contributed by atoms with Crippen molar-refractivity contribution in [1.82, 2.24) is 0 Å². The van der Waals surface area contributed by atoms with E-state index in [4.69, 9.17) is 8.83 Å². The molecule has 0 aliphatic carbocycles. The van der Waals surface area contributed by atoms with Crippen molar-refractivity contribution >= 4 is 82.5 Å². The summed E-state index contributed by atoms with van der Waals surface area (Å²) in [5.41, 5.74) is 13.3. The van der Waals surface area contributed by atoms with Gasteiger partial charge in [-0.2, -0.15) is 0 Å². The Morgan fingerprint density at radius 3 is 1.34 bits per heavy atom. The van der Waals surface area contributed by atoms with Gasteiger partial charge in [0, 0.05) is 27.6 Å². The lowest BCUT2D eigenvalue weighted by atomic mass is 9.93. The van der Waals surface area contributed by atoms with Gasteiger partial charge in [-0.25, -0.2) is 0 Å². The summed E-state index contributed by atoms with van der Waals surface area (Å²) in [6.45, 7) is 0. The second kappa shape index (κ2) is 13.4. The first-order valence-electron chi connectivity index (χ1n) is 20.1. The Bertz CT molecular complexity index is 3390. The molecule has 2 heterocycles. The average Bonchev–Trinajstić information content (AvgIpc) is 3.89. The van der Waals surface area contributed by atoms with Crippen LogP contribution in [0, 0.1) is 0 Å². The van der Waals surface area contributed by atoms with E-state index in [1.54, 1.807) is 0 Å². The minimum atomic E-state index is 0.834. The molecule has 0 saturated heterocycles. The fourth-order valence-corrected chi connectivity index (χ4v) is 9.21. The molecule has 0 saturated carbocycles. The van der Waals surface area contributed by atoms with Crippen LogP contribution >= 0.6 is 0 Å². The Hall–Kier alpha value is -7.88. The van der Waals surface area contributed by atoms with E-state index in [0.717, 1.165) is 88.8 Å². The summed E-state index contributed by atoms with van der Waals surface area (Å²) in [4.78, 5) is 2.39. The molecule has 0 spiro atoms. The van der Waals surface area contributed by atoms with Crippen LogP contribution in [0.25, 0.3) is 98.8 Å². The molecular weight excluding hydrogens is 719 g/mol. The van der Waals surface area contributed by atoms with E-state index in [0.29, 0.717) is 0 Å². The van der Waals surface area contributed by atoms with E-state index in [1.165, 1.54) is 27.1 Å². The van der Waals surface area contributed by atoms with Gasteiger partial charge in [-0.3, -0.25) is 0 Å². The fraction of sp³-hybridized carbons (Fsp3) is 0. The molecule has 0 N–H and O–H groups in total. The van der Waals surface area contributed by atoms with E-state index < -0.39 is 0 Å². The third-order valence-electron chi connectivity index (χ3n) is 11.9. The topological polar surface area (TPSA) is 29.5 Å². The largest absolute Gasteiger partial charge is 0.455 e. The average molecular weight is 754 g/mol. The summed E-state index contributed by atoms with van der Waals surface area (Å²) in [5.74, 6) is 0. The zero-order valence-corrected chi connectivity index (χ0v) is 32.0. The molecular formula is C56H35NO2. The minimum absolute atomic E-state index is 0.834. The van der Waals surface area contributed by atoms with Gasteiger partial charge < -0.3 is 13.7 Å². The number of anilines is 3. The normalized spacial score (nSPS) is 11.7. The maximum atomic E-state index is 6.82.